The second kappa shape index (κ2) is 8.10. The summed E-state index contributed by atoms with van der Waals surface area (Å²) in [5.74, 6) is 0. The Hall–Kier alpha value is -1.73. The molecule has 1 fully saturated rings. The molecular weight excluding hydrogens is 382 g/mol. The van der Waals surface area contributed by atoms with Gasteiger partial charge in [-0.1, -0.05) is 23.8 Å². The second-order valence-electron chi connectivity index (χ2n) is 6.93. The highest BCUT2D eigenvalue weighted by atomic mass is 35.5. The first kappa shape index (κ1) is 20.0. The number of hydrogen-bond acceptors (Lipinski definition) is 5. The van der Waals surface area contributed by atoms with E-state index < -0.39 is 0 Å². The van der Waals surface area contributed by atoms with Gasteiger partial charge in [0.15, 0.2) is 0 Å². The molecule has 3 aromatic rings. The van der Waals surface area contributed by atoms with Crippen molar-refractivity contribution in [3.8, 4) is 11.1 Å². The summed E-state index contributed by atoms with van der Waals surface area (Å²) >= 11 is 1.59. The number of thiophene rings is 1. The molecule has 1 atom stereocenters. The Kier molecular flexibility index (Phi) is 6.01. The number of benzene rings is 1. The van der Waals surface area contributed by atoms with Gasteiger partial charge in [-0.3, -0.25) is 9.36 Å². The SMILES string of the molecule is Cc1ccc(C)c(-c2c(C)sc3ncn(CC4CNCCO4)c(=O)c23)c1.Cl. The first-order chi connectivity index (χ1) is 12.5. The van der Waals surface area contributed by atoms with Crippen molar-refractivity contribution >= 4 is 34.0 Å². The van der Waals surface area contributed by atoms with Crippen LogP contribution in [-0.2, 0) is 11.3 Å². The molecule has 2 aromatic heterocycles. The molecule has 1 aliphatic rings. The fourth-order valence-corrected chi connectivity index (χ4v) is 4.55. The van der Waals surface area contributed by atoms with Crippen molar-refractivity contribution in [2.45, 2.75) is 33.4 Å². The maximum atomic E-state index is 13.3. The number of morpholine rings is 1. The van der Waals surface area contributed by atoms with Crippen molar-refractivity contribution in [2.75, 3.05) is 19.7 Å². The van der Waals surface area contributed by atoms with Crippen molar-refractivity contribution < 1.29 is 4.74 Å². The molecule has 0 aliphatic carbocycles. The van der Waals surface area contributed by atoms with Crippen LogP contribution < -0.4 is 10.9 Å². The summed E-state index contributed by atoms with van der Waals surface area (Å²) in [6.07, 6.45) is 1.66. The molecule has 1 aliphatic heterocycles. The van der Waals surface area contributed by atoms with Gasteiger partial charge < -0.3 is 10.1 Å². The molecule has 1 aromatic carbocycles. The van der Waals surface area contributed by atoms with Crippen LogP contribution in [0.5, 0.6) is 0 Å². The Morgan fingerprint density at radius 1 is 1.33 bits per heavy atom. The quantitative estimate of drug-likeness (QED) is 0.725. The number of hydrogen-bond donors (Lipinski definition) is 1. The lowest BCUT2D eigenvalue weighted by atomic mass is 9.97. The molecule has 27 heavy (non-hydrogen) atoms. The molecule has 0 saturated carbocycles. The van der Waals surface area contributed by atoms with Crippen LogP contribution in [0.2, 0.25) is 0 Å². The standard InChI is InChI=1S/C20H23N3O2S.ClH/c1-12-4-5-13(2)16(8-12)17-14(3)26-19-18(17)20(24)23(11-22-19)10-15-9-21-6-7-25-15;/h4-5,8,11,15,21H,6-7,9-10H2,1-3H3;1H. The lowest BCUT2D eigenvalue weighted by molar-refractivity contribution is 0.0175. The Labute approximate surface area is 168 Å². The van der Waals surface area contributed by atoms with Crippen molar-refractivity contribution in [3.63, 3.8) is 0 Å². The lowest BCUT2D eigenvalue weighted by Crippen LogP contribution is -2.42. The number of rotatable bonds is 3. The van der Waals surface area contributed by atoms with Crippen molar-refractivity contribution in [1.29, 1.82) is 0 Å². The first-order valence-electron chi connectivity index (χ1n) is 8.93. The highest BCUT2D eigenvalue weighted by Crippen LogP contribution is 2.37. The summed E-state index contributed by atoms with van der Waals surface area (Å²) in [6, 6.07) is 6.38. The summed E-state index contributed by atoms with van der Waals surface area (Å²) in [5.41, 5.74) is 4.54. The Morgan fingerprint density at radius 2 is 2.15 bits per heavy atom. The highest BCUT2D eigenvalue weighted by Gasteiger charge is 2.20. The summed E-state index contributed by atoms with van der Waals surface area (Å²) in [5, 5.41) is 4.04. The lowest BCUT2D eigenvalue weighted by Gasteiger charge is -2.24. The Bertz CT molecular complexity index is 1020. The van der Waals surface area contributed by atoms with Crippen LogP contribution in [0.25, 0.3) is 21.3 Å². The predicted molar refractivity (Wildman–Crippen MR) is 113 cm³/mol. The molecule has 5 nitrogen and oxygen atoms in total. The molecule has 1 N–H and O–H groups in total. The Balaban J connectivity index is 0.00000210. The molecular formula is C20H24ClN3O2S. The smallest absolute Gasteiger partial charge is 0.262 e. The van der Waals surface area contributed by atoms with Gasteiger partial charge in [0.25, 0.3) is 5.56 Å². The number of ether oxygens (including phenoxy) is 1. The number of halogens is 1. The summed E-state index contributed by atoms with van der Waals surface area (Å²) in [4.78, 5) is 19.8. The molecule has 0 radical (unpaired) electrons. The van der Waals surface area contributed by atoms with Crippen LogP contribution in [-0.4, -0.2) is 35.4 Å². The van der Waals surface area contributed by atoms with Crippen molar-refractivity contribution in [3.05, 3.63) is 50.9 Å². The molecule has 4 rings (SSSR count). The third-order valence-corrected chi connectivity index (χ3v) is 5.94. The van der Waals surface area contributed by atoms with Crippen LogP contribution in [0.1, 0.15) is 16.0 Å². The second-order valence-corrected chi connectivity index (χ2v) is 8.13. The zero-order valence-electron chi connectivity index (χ0n) is 15.7. The summed E-state index contributed by atoms with van der Waals surface area (Å²) < 4.78 is 7.45. The predicted octanol–water partition coefficient (Wildman–Crippen LogP) is 3.46. The van der Waals surface area contributed by atoms with Crippen LogP contribution in [0.3, 0.4) is 0 Å². The summed E-state index contributed by atoms with van der Waals surface area (Å²) in [6.45, 7) is 9.07. The minimum absolute atomic E-state index is 0. The summed E-state index contributed by atoms with van der Waals surface area (Å²) in [7, 11) is 0. The maximum Gasteiger partial charge on any atom is 0.262 e. The van der Waals surface area contributed by atoms with Gasteiger partial charge in [-0.05, 0) is 31.9 Å². The van der Waals surface area contributed by atoms with Crippen LogP contribution in [0, 0.1) is 20.8 Å². The fraction of sp³-hybridized carbons (Fsp3) is 0.400. The number of nitrogens with zero attached hydrogens (tertiary/aromatic N) is 2. The van der Waals surface area contributed by atoms with Gasteiger partial charge in [-0.2, -0.15) is 0 Å². The van der Waals surface area contributed by atoms with E-state index in [2.05, 4.69) is 49.3 Å². The zero-order valence-corrected chi connectivity index (χ0v) is 17.4. The van der Waals surface area contributed by atoms with E-state index in [1.54, 1.807) is 22.2 Å². The van der Waals surface area contributed by atoms with Gasteiger partial charge in [0.2, 0.25) is 0 Å². The van der Waals surface area contributed by atoms with E-state index in [4.69, 9.17) is 4.74 Å². The molecule has 1 saturated heterocycles. The highest BCUT2D eigenvalue weighted by molar-refractivity contribution is 7.19. The third-order valence-electron chi connectivity index (χ3n) is 4.92. The molecule has 1 unspecified atom stereocenters. The average molecular weight is 406 g/mol. The van der Waals surface area contributed by atoms with Gasteiger partial charge in [-0.15, -0.1) is 23.7 Å². The molecule has 144 valence electrons. The Morgan fingerprint density at radius 3 is 2.89 bits per heavy atom. The molecule has 0 spiro atoms. The van der Waals surface area contributed by atoms with Crippen molar-refractivity contribution in [2.24, 2.45) is 0 Å². The van der Waals surface area contributed by atoms with Gasteiger partial charge in [0, 0.05) is 23.5 Å². The fourth-order valence-electron chi connectivity index (χ4n) is 3.55. The monoisotopic (exact) mass is 405 g/mol. The largest absolute Gasteiger partial charge is 0.374 e. The van der Waals surface area contributed by atoms with E-state index in [0.29, 0.717) is 13.2 Å². The maximum absolute atomic E-state index is 13.3. The topological polar surface area (TPSA) is 56.1 Å². The first-order valence-corrected chi connectivity index (χ1v) is 9.74. The minimum Gasteiger partial charge on any atom is -0.374 e. The minimum atomic E-state index is 0. The van der Waals surface area contributed by atoms with Crippen molar-refractivity contribution in [1.82, 2.24) is 14.9 Å². The average Bonchev–Trinajstić information content (AvgIpc) is 2.97. The molecule has 0 amide bonds. The van der Waals surface area contributed by atoms with E-state index >= 15 is 0 Å². The van der Waals surface area contributed by atoms with Gasteiger partial charge in [-0.25, -0.2) is 4.98 Å². The van der Waals surface area contributed by atoms with E-state index in [1.807, 2.05) is 0 Å². The normalized spacial score (nSPS) is 17.1. The van der Waals surface area contributed by atoms with E-state index in [-0.39, 0.29) is 24.1 Å². The van der Waals surface area contributed by atoms with E-state index in [1.165, 1.54) is 11.1 Å². The molecule has 7 heteroatoms. The van der Waals surface area contributed by atoms with Gasteiger partial charge >= 0.3 is 0 Å². The van der Waals surface area contributed by atoms with Crippen LogP contribution in [0.4, 0.5) is 0 Å². The number of nitrogens with one attached hydrogen (secondary N) is 1. The van der Waals surface area contributed by atoms with E-state index in [9.17, 15) is 4.79 Å². The van der Waals surface area contributed by atoms with Crippen LogP contribution >= 0.6 is 23.7 Å². The number of aryl methyl sites for hydroxylation is 3. The van der Waals surface area contributed by atoms with Crippen LogP contribution in [0.15, 0.2) is 29.3 Å². The zero-order chi connectivity index (χ0) is 18.3. The van der Waals surface area contributed by atoms with Gasteiger partial charge in [0.1, 0.15) is 4.83 Å². The molecule has 0 bridgehead atoms. The van der Waals surface area contributed by atoms with Gasteiger partial charge in [0.05, 0.1) is 31.0 Å². The van der Waals surface area contributed by atoms with E-state index in [0.717, 1.165) is 39.3 Å². The number of aromatic nitrogens is 2. The number of fused-ring (bicyclic) bond motifs is 1. The molecule has 3 heterocycles. The third kappa shape index (κ3) is 3.80.